The molecule has 0 N–H and O–H groups in total. The van der Waals surface area contributed by atoms with Gasteiger partial charge >= 0.3 is 0 Å². The van der Waals surface area contributed by atoms with Crippen LogP contribution in [0.15, 0.2) is 35.5 Å². The largest absolute Gasteiger partial charge is 0.0798 e. The third-order valence-electron chi connectivity index (χ3n) is 2.78. The molecule has 0 saturated heterocycles. The molecule has 2 rings (SSSR count). The molecule has 1 atom stereocenters. The Labute approximate surface area is 74.7 Å². The zero-order valence-corrected chi connectivity index (χ0v) is 8.09. The van der Waals surface area contributed by atoms with Crippen LogP contribution in [0.3, 0.4) is 0 Å². The van der Waals surface area contributed by atoms with Crippen LogP contribution in [-0.2, 0) is 0 Å². The maximum Gasteiger partial charge on any atom is 0.00408 e. The highest BCUT2D eigenvalue weighted by Gasteiger charge is 2.30. The minimum Gasteiger partial charge on any atom is -0.0798 e. The third kappa shape index (κ3) is 1.06. The Morgan fingerprint density at radius 3 is 2.67 bits per heavy atom. The van der Waals surface area contributed by atoms with Crippen molar-refractivity contribution in [3.63, 3.8) is 0 Å². The van der Waals surface area contributed by atoms with Crippen molar-refractivity contribution < 1.29 is 0 Å². The smallest absolute Gasteiger partial charge is 0.00408 e. The van der Waals surface area contributed by atoms with Gasteiger partial charge in [-0.25, -0.2) is 0 Å². The van der Waals surface area contributed by atoms with Crippen LogP contribution >= 0.6 is 0 Å². The number of rotatable bonds is 0. The SMILES string of the molecule is CC(C)(C)C1C=CC2=C1CC=C2. The van der Waals surface area contributed by atoms with Gasteiger partial charge in [0.15, 0.2) is 0 Å². The average Bonchev–Trinajstić information content (AvgIpc) is 2.37. The van der Waals surface area contributed by atoms with Gasteiger partial charge in [-0.1, -0.05) is 50.6 Å². The summed E-state index contributed by atoms with van der Waals surface area (Å²) in [6.07, 6.45) is 10.3. The molecule has 0 spiro atoms. The van der Waals surface area contributed by atoms with Gasteiger partial charge in [-0.2, -0.15) is 0 Å². The van der Waals surface area contributed by atoms with Crippen molar-refractivity contribution in [3.8, 4) is 0 Å². The molecular weight excluding hydrogens is 144 g/mol. The van der Waals surface area contributed by atoms with Gasteiger partial charge < -0.3 is 0 Å². The number of allylic oxidation sites excluding steroid dienone is 6. The van der Waals surface area contributed by atoms with Gasteiger partial charge in [0, 0.05) is 5.92 Å². The van der Waals surface area contributed by atoms with Crippen LogP contribution in [-0.4, -0.2) is 0 Å². The van der Waals surface area contributed by atoms with E-state index >= 15 is 0 Å². The lowest BCUT2D eigenvalue weighted by Gasteiger charge is -2.27. The van der Waals surface area contributed by atoms with Crippen molar-refractivity contribution in [2.75, 3.05) is 0 Å². The summed E-state index contributed by atoms with van der Waals surface area (Å²) in [7, 11) is 0. The molecule has 2 aliphatic rings. The summed E-state index contributed by atoms with van der Waals surface area (Å²) in [6.45, 7) is 6.95. The van der Waals surface area contributed by atoms with Gasteiger partial charge in [0.1, 0.15) is 0 Å². The molecule has 0 bridgehead atoms. The predicted molar refractivity (Wildman–Crippen MR) is 52.9 cm³/mol. The summed E-state index contributed by atoms with van der Waals surface area (Å²) in [5.41, 5.74) is 3.48. The summed E-state index contributed by atoms with van der Waals surface area (Å²) in [5, 5.41) is 0. The molecule has 2 aliphatic carbocycles. The molecular formula is C12H16. The first-order valence-corrected chi connectivity index (χ1v) is 4.67. The quantitative estimate of drug-likeness (QED) is 0.509. The molecule has 0 fully saturated rings. The topological polar surface area (TPSA) is 0 Å². The van der Waals surface area contributed by atoms with Crippen LogP contribution < -0.4 is 0 Å². The summed E-state index contributed by atoms with van der Waals surface area (Å²) in [4.78, 5) is 0. The number of hydrogen-bond acceptors (Lipinski definition) is 0. The van der Waals surface area contributed by atoms with Crippen molar-refractivity contribution in [1.82, 2.24) is 0 Å². The van der Waals surface area contributed by atoms with E-state index in [1.807, 2.05) is 0 Å². The second-order valence-electron chi connectivity index (χ2n) is 4.79. The molecule has 0 heterocycles. The van der Waals surface area contributed by atoms with E-state index in [1.54, 1.807) is 5.57 Å². The van der Waals surface area contributed by atoms with Crippen molar-refractivity contribution in [3.05, 3.63) is 35.5 Å². The zero-order chi connectivity index (χ0) is 8.77. The van der Waals surface area contributed by atoms with Crippen LogP contribution in [0.5, 0.6) is 0 Å². The predicted octanol–water partition coefficient (Wildman–Crippen LogP) is 3.48. The Morgan fingerprint density at radius 1 is 1.25 bits per heavy atom. The molecule has 0 saturated carbocycles. The molecule has 0 aliphatic heterocycles. The summed E-state index contributed by atoms with van der Waals surface area (Å²) in [5.74, 6) is 0.669. The first-order chi connectivity index (χ1) is 5.59. The van der Waals surface area contributed by atoms with Crippen LogP contribution in [0.1, 0.15) is 27.2 Å². The minimum atomic E-state index is 0.388. The molecule has 0 amide bonds. The van der Waals surface area contributed by atoms with E-state index in [4.69, 9.17) is 0 Å². The Balaban J connectivity index is 2.30. The van der Waals surface area contributed by atoms with Gasteiger partial charge in [-0.05, 0) is 17.4 Å². The summed E-state index contributed by atoms with van der Waals surface area (Å²) in [6, 6.07) is 0. The normalized spacial score (nSPS) is 27.1. The van der Waals surface area contributed by atoms with Crippen LogP contribution in [0.2, 0.25) is 0 Å². The maximum atomic E-state index is 2.36. The van der Waals surface area contributed by atoms with Crippen LogP contribution in [0, 0.1) is 11.3 Å². The first-order valence-electron chi connectivity index (χ1n) is 4.67. The van der Waals surface area contributed by atoms with Crippen molar-refractivity contribution in [2.45, 2.75) is 27.2 Å². The van der Waals surface area contributed by atoms with Crippen LogP contribution in [0.4, 0.5) is 0 Å². The van der Waals surface area contributed by atoms with Gasteiger partial charge in [0.05, 0.1) is 0 Å². The van der Waals surface area contributed by atoms with Crippen molar-refractivity contribution in [2.24, 2.45) is 11.3 Å². The van der Waals surface area contributed by atoms with Crippen molar-refractivity contribution in [1.29, 1.82) is 0 Å². The molecule has 12 heavy (non-hydrogen) atoms. The Bertz CT molecular complexity index is 282. The fourth-order valence-corrected chi connectivity index (χ4v) is 2.13. The lowest BCUT2D eigenvalue weighted by molar-refractivity contribution is 0.331. The monoisotopic (exact) mass is 160 g/mol. The molecule has 64 valence electrons. The van der Waals surface area contributed by atoms with Gasteiger partial charge in [0.25, 0.3) is 0 Å². The Kier molecular flexibility index (Phi) is 1.54. The van der Waals surface area contributed by atoms with Crippen LogP contribution in [0.25, 0.3) is 0 Å². The fourth-order valence-electron chi connectivity index (χ4n) is 2.13. The highest BCUT2D eigenvalue weighted by atomic mass is 14.3. The molecule has 0 aromatic carbocycles. The van der Waals surface area contributed by atoms with Gasteiger partial charge in [-0.3, -0.25) is 0 Å². The fraction of sp³-hybridized carbons (Fsp3) is 0.500. The minimum absolute atomic E-state index is 0.388. The molecule has 0 heteroatoms. The highest BCUT2D eigenvalue weighted by Crippen LogP contribution is 2.42. The number of hydrogen-bond donors (Lipinski definition) is 0. The van der Waals surface area contributed by atoms with Gasteiger partial charge in [0.2, 0.25) is 0 Å². The summed E-state index contributed by atoms with van der Waals surface area (Å²) >= 11 is 0. The van der Waals surface area contributed by atoms with E-state index in [9.17, 15) is 0 Å². The Morgan fingerprint density at radius 2 is 2.00 bits per heavy atom. The first kappa shape index (κ1) is 7.85. The molecule has 1 unspecified atom stereocenters. The van der Waals surface area contributed by atoms with E-state index in [0.29, 0.717) is 11.3 Å². The zero-order valence-electron chi connectivity index (χ0n) is 8.09. The molecule has 0 aromatic rings. The van der Waals surface area contributed by atoms with E-state index < -0.39 is 0 Å². The maximum absolute atomic E-state index is 2.36. The third-order valence-corrected chi connectivity index (χ3v) is 2.78. The standard InChI is InChI=1S/C12H16/c1-12(2,3)11-8-7-9-5-4-6-10(9)11/h4-5,7-8,11H,6H2,1-3H3. The average molecular weight is 160 g/mol. The Hall–Kier alpha value is -0.780. The summed E-state index contributed by atoms with van der Waals surface area (Å²) < 4.78 is 0. The van der Waals surface area contributed by atoms with E-state index in [0.717, 1.165) is 0 Å². The van der Waals surface area contributed by atoms with Gasteiger partial charge in [-0.15, -0.1) is 0 Å². The van der Waals surface area contributed by atoms with E-state index in [2.05, 4.69) is 45.1 Å². The molecule has 0 nitrogen and oxygen atoms in total. The second kappa shape index (κ2) is 2.35. The lowest BCUT2D eigenvalue weighted by Crippen LogP contribution is -2.18. The second-order valence-corrected chi connectivity index (χ2v) is 4.79. The van der Waals surface area contributed by atoms with E-state index in [1.165, 1.54) is 12.0 Å². The van der Waals surface area contributed by atoms with Crippen molar-refractivity contribution >= 4 is 0 Å². The lowest BCUT2D eigenvalue weighted by atomic mass is 9.77. The molecule has 0 radical (unpaired) electrons. The highest BCUT2D eigenvalue weighted by molar-refractivity contribution is 5.49. The van der Waals surface area contributed by atoms with E-state index in [-0.39, 0.29) is 0 Å². The molecule has 0 aromatic heterocycles.